The predicted molar refractivity (Wildman–Crippen MR) is 66.8 cm³/mol. The van der Waals surface area contributed by atoms with Crippen molar-refractivity contribution in [1.82, 2.24) is 15.1 Å². The Hall–Kier alpha value is -1.73. The minimum atomic E-state index is -0.912. The molecule has 0 unspecified atom stereocenters. The zero-order valence-corrected chi connectivity index (χ0v) is 10.8. The number of nitrogens with zero attached hydrogens (tertiary/aromatic N) is 2. The zero-order valence-electron chi connectivity index (χ0n) is 10.8. The summed E-state index contributed by atoms with van der Waals surface area (Å²) in [5, 5.41) is 16.2. The first-order valence-corrected chi connectivity index (χ1v) is 6.11. The molecule has 19 heavy (non-hydrogen) atoms. The Morgan fingerprint density at radius 3 is 2.79 bits per heavy atom. The van der Waals surface area contributed by atoms with Gasteiger partial charge in [-0.15, -0.1) is 0 Å². The number of rotatable bonds is 3. The Kier molecular flexibility index (Phi) is 3.96. The molecule has 0 aromatic carbocycles. The molecule has 0 spiro atoms. The quantitative estimate of drug-likeness (QED) is 0.761. The van der Waals surface area contributed by atoms with Crippen LogP contribution < -0.4 is 5.56 Å². The summed E-state index contributed by atoms with van der Waals surface area (Å²) in [5.41, 5.74) is -1.12. The molecule has 2 heterocycles. The van der Waals surface area contributed by atoms with E-state index >= 15 is 0 Å². The average Bonchev–Trinajstić information content (AvgIpc) is 2.39. The van der Waals surface area contributed by atoms with Crippen LogP contribution in [-0.2, 0) is 4.74 Å². The maximum atomic E-state index is 12.1. The van der Waals surface area contributed by atoms with Gasteiger partial charge in [-0.3, -0.25) is 9.59 Å². The Morgan fingerprint density at radius 1 is 1.53 bits per heavy atom. The van der Waals surface area contributed by atoms with Crippen molar-refractivity contribution in [3.63, 3.8) is 0 Å². The summed E-state index contributed by atoms with van der Waals surface area (Å²) < 4.78 is 5.19. The normalized spacial score (nSPS) is 18.0. The van der Waals surface area contributed by atoms with Crippen LogP contribution in [0.3, 0.4) is 0 Å². The molecule has 1 aromatic heterocycles. The fourth-order valence-electron chi connectivity index (χ4n) is 2.08. The molecule has 1 fully saturated rings. The van der Waals surface area contributed by atoms with Gasteiger partial charge >= 0.3 is 0 Å². The van der Waals surface area contributed by atoms with Crippen molar-refractivity contribution in [2.24, 2.45) is 0 Å². The molecule has 0 atom stereocenters. The maximum absolute atomic E-state index is 12.1. The highest BCUT2D eigenvalue weighted by atomic mass is 16.5. The molecule has 1 aliphatic rings. The van der Waals surface area contributed by atoms with Crippen LogP contribution in [0.2, 0.25) is 0 Å². The van der Waals surface area contributed by atoms with E-state index in [0.29, 0.717) is 26.1 Å². The van der Waals surface area contributed by atoms with Crippen LogP contribution in [0.15, 0.2) is 16.9 Å². The molecule has 1 amide bonds. The molecular formula is C12H17N3O4. The standard InChI is InChI=1S/C12H17N3O4/c1-15(8-12(18)4-6-19-7-5-12)11(17)9-2-3-10(16)14-13-9/h2-3,18H,4-8H2,1H3,(H,14,16). The van der Waals surface area contributed by atoms with Crippen LogP contribution in [0.4, 0.5) is 0 Å². The molecule has 0 bridgehead atoms. The van der Waals surface area contributed by atoms with Gasteiger partial charge in [0.05, 0.1) is 5.60 Å². The number of likely N-dealkylation sites (N-methyl/N-ethyl adjacent to an activating group) is 1. The van der Waals surface area contributed by atoms with Crippen LogP contribution in [-0.4, -0.2) is 58.5 Å². The summed E-state index contributed by atoms with van der Waals surface area (Å²) in [6.45, 7) is 1.21. The van der Waals surface area contributed by atoms with Gasteiger partial charge < -0.3 is 14.7 Å². The molecule has 2 rings (SSSR count). The lowest BCUT2D eigenvalue weighted by molar-refractivity contribution is -0.0734. The van der Waals surface area contributed by atoms with Gasteiger partial charge in [-0.1, -0.05) is 0 Å². The van der Waals surface area contributed by atoms with E-state index in [2.05, 4.69) is 10.2 Å². The fraction of sp³-hybridized carbons (Fsp3) is 0.583. The van der Waals surface area contributed by atoms with Crippen molar-refractivity contribution >= 4 is 5.91 Å². The van der Waals surface area contributed by atoms with Gasteiger partial charge in [-0.2, -0.15) is 5.10 Å². The van der Waals surface area contributed by atoms with Crippen LogP contribution in [0, 0.1) is 0 Å². The van der Waals surface area contributed by atoms with E-state index in [9.17, 15) is 14.7 Å². The van der Waals surface area contributed by atoms with Gasteiger partial charge in [0.15, 0.2) is 0 Å². The number of carbonyl (C=O) groups is 1. The van der Waals surface area contributed by atoms with E-state index in [4.69, 9.17) is 4.74 Å². The molecule has 1 aromatic rings. The van der Waals surface area contributed by atoms with E-state index in [1.807, 2.05) is 0 Å². The number of amides is 1. The molecule has 0 radical (unpaired) electrons. The van der Waals surface area contributed by atoms with Crippen molar-refractivity contribution in [1.29, 1.82) is 0 Å². The highest BCUT2D eigenvalue weighted by Crippen LogP contribution is 2.21. The number of H-pyrrole nitrogens is 1. The first kappa shape index (κ1) is 13.7. The molecule has 7 nitrogen and oxygen atoms in total. The second kappa shape index (κ2) is 5.50. The highest BCUT2D eigenvalue weighted by Gasteiger charge is 2.32. The molecule has 1 saturated heterocycles. The van der Waals surface area contributed by atoms with Gasteiger partial charge in [0.1, 0.15) is 5.69 Å². The number of hydrogen-bond acceptors (Lipinski definition) is 5. The molecule has 104 valence electrons. The van der Waals surface area contributed by atoms with Crippen LogP contribution in [0.25, 0.3) is 0 Å². The third kappa shape index (κ3) is 3.39. The molecule has 0 saturated carbocycles. The maximum Gasteiger partial charge on any atom is 0.274 e. The Balaban J connectivity index is 2.02. The lowest BCUT2D eigenvalue weighted by Gasteiger charge is -2.35. The first-order valence-electron chi connectivity index (χ1n) is 6.11. The Labute approximate surface area is 110 Å². The van der Waals surface area contributed by atoms with E-state index in [1.165, 1.54) is 17.0 Å². The van der Waals surface area contributed by atoms with Crippen molar-refractivity contribution in [2.45, 2.75) is 18.4 Å². The van der Waals surface area contributed by atoms with Crippen molar-refractivity contribution in [3.8, 4) is 0 Å². The SMILES string of the molecule is CN(CC1(O)CCOCC1)C(=O)c1ccc(=O)[nH]n1. The number of aromatic amines is 1. The Morgan fingerprint density at radius 2 is 2.21 bits per heavy atom. The van der Waals surface area contributed by atoms with Crippen molar-refractivity contribution in [2.75, 3.05) is 26.8 Å². The summed E-state index contributed by atoms with van der Waals surface area (Å²) in [6, 6.07) is 2.61. The largest absolute Gasteiger partial charge is 0.388 e. The van der Waals surface area contributed by atoms with E-state index in [1.54, 1.807) is 7.05 Å². The van der Waals surface area contributed by atoms with Gasteiger partial charge in [0, 0.05) is 45.7 Å². The van der Waals surface area contributed by atoms with Crippen molar-refractivity contribution in [3.05, 3.63) is 28.2 Å². The summed E-state index contributed by atoms with van der Waals surface area (Å²) in [6.07, 6.45) is 1.01. The van der Waals surface area contributed by atoms with Crippen LogP contribution in [0.1, 0.15) is 23.3 Å². The fourth-order valence-corrected chi connectivity index (χ4v) is 2.08. The smallest absolute Gasteiger partial charge is 0.274 e. The van der Waals surface area contributed by atoms with Crippen LogP contribution >= 0.6 is 0 Å². The first-order chi connectivity index (χ1) is 9.00. The van der Waals surface area contributed by atoms with Crippen molar-refractivity contribution < 1.29 is 14.6 Å². The second-order valence-corrected chi connectivity index (χ2v) is 4.80. The summed E-state index contributed by atoms with van der Waals surface area (Å²) in [4.78, 5) is 24.4. The lowest BCUT2D eigenvalue weighted by Crippen LogP contribution is -2.47. The predicted octanol–water partition coefficient (Wildman–Crippen LogP) is -0.617. The third-order valence-electron chi connectivity index (χ3n) is 3.20. The monoisotopic (exact) mass is 267 g/mol. The van der Waals surface area contributed by atoms with Gasteiger partial charge in [-0.25, -0.2) is 5.10 Å². The molecule has 1 aliphatic heterocycles. The third-order valence-corrected chi connectivity index (χ3v) is 3.20. The van der Waals surface area contributed by atoms with E-state index < -0.39 is 5.60 Å². The topological polar surface area (TPSA) is 95.5 Å². The summed E-state index contributed by atoms with van der Waals surface area (Å²) >= 11 is 0. The molecular weight excluding hydrogens is 250 g/mol. The van der Waals surface area contributed by atoms with E-state index in [0.717, 1.165) is 0 Å². The van der Waals surface area contributed by atoms with Gasteiger partial charge in [0.25, 0.3) is 11.5 Å². The second-order valence-electron chi connectivity index (χ2n) is 4.80. The molecule has 0 aliphatic carbocycles. The number of aliphatic hydroxyl groups is 1. The number of ether oxygens (including phenoxy) is 1. The lowest BCUT2D eigenvalue weighted by atomic mass is 9.94. The summed E-state index contributed by atoms with van der Waals surface area (Å²) in [7, 11) is 1.60. The number of nitrogens with one attached hydrogen (secondary N) is 1. The zero-order chi connectivity index (χ0) is 13.9. The minimum absolute atomic E-state index is 0.151. The van der Waals surface area contributed by atoms with Crippen LogP contribution in [0.5, 0.6) is 0 Å². The van der Waals surface area contributed by atoms with Gasteiger partial charge in [-0.05, 0) is 6.07 Å². The number of hydrogen-bond donors (Lipinski definition) is 2. The minimum Gasteiger partial charge on any atom is -0.388 e. The summed E-state index contributed by atoms with van der Waals surface area (Å²) in [5.74, 6) is -0.337. The molecule has 7 heteroatoms. The highest BCUT2D eigenvalue weighted by molar-refractivity contribution is 5.91. The van der Waals surface area contributed by atoms with Gasteiger partial charge in [0.2, 0.25) is 0 Å². The van der Waals surface area contributed by atoms with E-state index in [-0.39, 0.29) is 23.7 Å². The molecule has 2 N–H and O–H groups in total. The number of aromatic nitrogens is 2. The Bertz CT molecular complexity index is 487. The number of carbonyl (C=O) groups excluding carboxylic acids is 1. The average molecular weight is 267 g/mol.